The summed E-state index contributed by atoms with van der Waals surface area (Å²) in [6, 6.07) is 0. The predicted octanol–water partition coefficient (Wildman–Crippen LogP) is 11.9. The Labute approximate surface area is 346 Å². The van der Waals surface area contributed by atoms with Crippen molar-refractivity contribution in [1.29, 1.82) is 0 Å². The first-order valence-electron chi connectivity index (χ1n) is 22.2. The molecule has 0 bridgehead atoms. The fraction of sp³-hybridized carbons (Fsp3) is 0.739. The van der Waals surface area contributed by atoms with Crippen molar-refractivity contribution >= 4 is 19.8 Å². The molecule has 10 nitrogen and oxygen atoms in total. The molecule has 0 aromatic heterocycles. The van der Waals surface area contributed by atoms with Crippen LogP contribution in [0.5, 0.6) is 0 Å². The Bertz CT molecular complexity index is 1130. The Hall–Kier alpha value is -2.33. The number of phosphoric acid groups is 1. The minimum Gasteiger partial charge on any atom is -0.462 e. The van der Waals surface area contributed by atoms with Crippen molar-refractivity contribution in [3.63, 3.8) is 0 Å². The molecular formula is C46H81O10P. The SMILES string of the molecule is CCCCC/C=C/C/C=C/C/C=C/C/C=C/C/C=C/CCC(=O)O[C@H](COC(=O)CCCCCCCCCCCCCCCCC)COP(=O)(O)OC[C@@H](O)CO. The Kier molecular flexibility index (Phi) is 40.1. The van der Waals surface area contributed by atoms with Gasteiger partial charge in [-0.3, -0.25) is 18.6 Å². The molecule has 0 amide bonds. The lowest BCUT2D eigenvalue weighted by Gasteiger charge is -2.20. The predicted molar refractivity (Wildman–Crippen MR) is 233 cm³/mol. The molecule has 0 saturated heterocycles. The van der Waals surface area contributed by atoms with Gasteiger partial charge in [-0.15, -0.1) is 0 Å². The van der Waals surface area contributed by atoms with Gasteiger partial charge in [0.15, 0.2) is 6.10 Å². The lowest BCUT2D eigenvalue weighted by atomic mass is 10.0. The van der Waals surface area contributed by atoms with E-state index in [1.165, 1.54) is 96.3 Å². The summed E-state index contributed by atoms with van der Waals surface area (Å²) in [6.07, 6.45) is 46.3. The van der Waals surface area contributed by atoms with Crippen LogP contribution >= 0.6 is 7.82 Å². The highest BCUT2D eigenvalue weighted by Crippen LogP contribution is 2.43. The molecule has 330 valence electrons. The van der Waals surface area contributed by atoms with Gasteiger partial charge in [0.05, 0.1) is 19.8 Å². The summed E-state index contributed by atoms with van der Waals surface area (Å²) < 4.78 is 32.6. The zero-order valence-corrected chi connectivity index (χ0v) is 36.7. The summed E-state index contributed by atoms with van der Waals surface area (Å²) in [7, 11) is -4.64. The van der Waals surface area contributed by atoms with Gasteiger partial charge in [0.25, 0.3) is 0 Å². The fourth-order valence-electron chi connectivity index (χ4n) is 5.74. The van der Waals surface area contributed by atoms with E-state index in [1.54, 1.807) is 0 Å². The molecule has 3 atom stereocenters. The van der Waals surface area contributed by atoms with Crippen molar-refractivity contribution < 1.29 is 47.8 Å². The van der Waals surface area contributed by atoms with Gasteiger partial charge in [-0.05, 0) is 51.4 Å². The number of unbranched alkanes of at least 4 members (excludes halogenated alkanes) is 17. The molecule has 0 rings (SSSR count). The van der Waals surface area contributed by atoms with Crippen molar-refractivity contribution in [1.82, 2.24) is 0 Å². The number of carbonyl (C=O) groups excluding carboxylic acids is 2. The standard InChI is InChI=1S/C46H81O10P/c1-3-5-7-9-11-13-15-17-19-20-21-22-24-26-28-30-32-34-36-38-46(50)56-44(42-55-57(51,52)54-40-43(48)39-47)41-53-45(49)37-35-33-31-29-27-25-23-18-16-14-12-10-8-6-4-2/h11,13,17,19,21-22,26,28,32,34,43-44,47-48H,3-10,12,14-16,18,20,23-25,27,29-31,33,35-42H2,1-2H3,(H,51,52)/b13-11+,19-17+,22-21+,28-26+,34-32+/t43-,44+/m0/s1. The summed E-state index contributed by atoms with van der Waals surface area (Å²) in [5.74, 6) is -1.02. The van der Waals surface area contributed by atoms with Gasteiger partial charge < -0.3 is 24.6 Å². The molecule has 0 aliphatic rings. The summed E-state index contributed by atoms with van der Waals surface area (Å²) in [5, 5.41) is 18.3. The molecule has 11 heteroatoms. The quantitative estimate of drug-likeness (QED) is 0.0235. The zero-order valence-electron chi connectivity index (χ0n) is 35.8. The van der Waals surface area contributed by atoms with Crippen LogP contribution < -0.4 is 0 Å². The summed E-state index contributed by atoms with van der Waals surface area (Å²) in [5.41, 5.74) is 0. The van der Waals surface area contributed by atoms with Crippen molar-refractivity contribution in [2.45, 2.75) is 193 Å². The largest absolute Gasteiger partial charge is 0.472 e. The number of hydrogen-bond donors (Lipinski definition) is 3. The minimum absolute atomic E-state index is 0.0602. The first-order chi connectivity index (χ1) is 27.7. The summed E-state index contributed by atoms with van der Waals surface area (Å²) >= 11 is 0. The fourth-order valence-corrected chi connectivity index (χ4v) is 6.53. The van der Waals surface area contributed by atoms with E-state index < -0.39 is 51.8 Å². The molecule has 0 heterocycles. The third-order valence-electron chi connectivity index (χ3n) is 9.19. The van der Waals surface area contributed by atoms with E-state index in [0.29, 0.717) is 12.8 Å². The molecule has 0 aromatic carbocycles. The van der Waals surface area contributed by atoms with Crippen LogP contribution in [-0.4, -0.2) is 65.7 Å². The molecule has 0 radical (unpaired) electrons. The van der Waals surface area contributed by atoms with Crippen LogP contribution in [-0.2, 0) is 32.7 Å². The van der Waals surface area contributed by atoms with Gasteiger partial charge in [-0.1, -0.05) is 177 Å². The van der Waals surface area contributed by atoms with Crippen LogP contribution in [0.2, 0.25) is 0 Å². The average molecular weight is 825 g/mol. The highest BCUT2D eigenvalue weighted by atomic mass is 31.2. The Morgan fingerprint density at radius 3 is 1.44 bits per heavy atom. The molecule has 0 saturated carbocycles. The average Bonchev–Trinajstić information content (AvgIpc) is 3.20. The van der Waals surface area contributed by atoms with Gasteiger partial charge in [-0.2, -0.15) is 0 Å². The van der Waals surface area contributed by atoms with Crippen molar-refractivity contribution in [3.05, 3.63) is 60.8 Å². The second-order valence-corrected chi connectivity index (χ2v) is 16.2. The number of aliphatic hydroxyl groups excluding tert-OH is 2. The summed E-state index contributed by atoms with van der Waals surface area (Å²) in [6.45, 7) is 2.27. The maximum absolute atomic E-state index is 12.6. The number of esters is 2. The second-order valence-electron chi connectivity index (χ2n) is 14.7. The van der Waals surface area contributed by atoms with Gasteiger partial charge in [-0.25, -0.2) is 4.57 Å². The summed E-state index contributed by atoms with van der Waals surface area (Å²) in [4.78, 5) is 35.0. The molecule has 1 unspecified atom stereocenters. The smallest absolute Gasteiger partial charge is 0.462 e. The highest BCUT2D eigenvalue weighted by molar-refractivity contribution is 7.47. The number of ether oxygens (including phenoxy) is 2. The lowest BCUT2D eigenvalue weighted by Crippen LogP contribution is -2.29. The first-order valence-corrected chi connectivity index (χ1v) is 23.7. The third kappa shape index (κ3) is 41.6. The molecule has 0 aliphatic carbocycles. The van der Waals surface area contributed by atoms with Crippen molar-refractivity contribution in [2.24, 2.45) is 0 Å². The molecule has 57 heavy (non-hydrogen) atoms. The van der Waals surface area contributed by atoms with Crippen LogP contribution in [0.15, 0.2) is 60.8 Å². The van der Waals surface area contributed by atoms with Crippen LogP contribution in [0.3, 0.4) is 0 Å². The number of phosphoric ester groups is 1. The maximum atomic E-state index is 12.6. The Balaban J connectivity index is 4.41. The van der Waals surface area contributed by atoms with E-state index >= 15 is 0 Å². The van der Waals surface area contributed by atoms with Gasteiger partial charge >= 0.3 is 19.8 Å². The first kappa shape index (κ1) is 54.7. The highest BCUT2D eigenvalue weighted by Gasteiger charge is 2.27. The van der Waals surface area contributed by atoms with E-state index in [1.807, 2.05) is 12.2 Å². The number of allylic oxidation sites excluding steroid dienone is 10. The molecule has 0 aromatic rings. The molecule has 3 N–H and O–H groups in total. The van der Waals surface area contributed by atoms with E-state index in [4.69, 9.17) is 19.1 Å². The lowest BCUT2D eigenvalue weighted by molar-refractivity contribution is -0.161. The normalized spacial score (nSPS) is 14.4. The van der Waals surface area contributed by atoms with E-state index in [0.717, 1.165) is 44.9 Å². The monoisotopic (exact) mass is 825 g/mol. The van der Waals surface area contributed by atoms with Crippen molar-refractivity contribution in [3.8, 4) is 0 Å². The van der Waals surface area contributed by atoms with Crippen molar-refractivity contribution in [2.75, 3.05) is 26.4 Å². The van der Waals surface area contributed by atoms with Crippen LogP contribution in [0.25, 0.3) is 0 Å². The number of hydrogen-bond acceptors (Lipinski definition) is 9. The number of rotatable bonds is 41. The minimum atomic E-state index is -4.64. The Morgan fingerprint density at radius 2 is 0.947 bits per heavy atom. The van der Waals surface area contributed by atoms with Gasteiger partial charge in [0.2, 0.25) is 0 Å². The maximum Gasteiger partial charge on any atom is 0.472 e. The Morgan fingerprint density at radius 1 is 0.526 bits per heavy atom. The van der Waals surface area contributed by atoms with Crippen LogP contribution in [0, 0.1) is 0 Å². The van der Waals surface area contributed by atoms with E-state index in [-0.39, 0.29) is 19.4 Å². The topological polar surface area (TPSA) is 149 Å². The number of aliphatic hydroxyl groups is 2. The zero-order chi connectivity index (χ0) is 41.9. The van der Waals surface area contributed by atoms with E-state index in [2.05, 4.69) is 67.0 Å². The van der Waals surface area contributed by atoms with Gasteiger partial charge in [0.1, 0.15) is 12.7 Å². The number of carbonyl (C=O) groups is 2. The van der Waals surface area contributed by atoms with Crippen LogP contribution in [0.4, 0.5) is 0 Å². The second kappa shape index (κ2) is 41.8. The molecular weight excluding hydrogens is 743 g/mol. The van der Waals surface area contributed by atoms with Crippen LogP contribution in [0.1, 0.15) is 181 Å². The molecule has 0 aliphatic heterocycles. The third-order valence-corrected chi connectivity index (χ3v) is 10.1. The van der Waals surface area contributed by atoms with E-state index in [9.17, 15) is 24.2 Å². The molecule has 0 spiro atoms. The molecule has 0 fully saturated rings. The van der Waals surface area contributed by atoms with Gasteiger partial charge in [0, 0.05) is 12.8 Å².